The monoisotopic (exact) mass is 658 g/mol. The maximum Gasteiger partial charge on any atom is 0.314 e. The fourth-order valence-corrected chi connectivity index (χ4v) is 6.97. The van der Waals surface area contributed by atoms with Gasteiger partial charge >= 0.3 is 11.9 Å². The third-order valence-corrected chi connectivity index (χ3v) is 10.0. The number of unbranched alkanes of at least 4 members (excludes halogenated alkanes) is 12. The molecule has 0 bridgehead atoms. The molecule has 0 N–H and O–H groups in total. The number of fused-ring (bicyclic) bond motifs is 2. The van der Waals surface area contributed by atoms with E-state index >= 15 is 0 Å². The molecule has 0 aliphatic rings. The molecule has 4 nitrogen and oxygen atoms in total. The fourth-order valence-electron chi connectivity index (χ4n) is 6.97. The number of hydrogen-bond acceptors (Lipinski definition) is 4. The van der Waals surface area contributed by atoms with E-state index in [1.54, 1.807) is 0 Å². The third kappa shape index (κ3) is 12.2. The highest BCUT2D eigenvalue weighted by molar-refractivity contribution is 6.13. The van der Waals surface area contributed by atoms with Gasteiger partial charge in [-0.1, -0.05) is 166 Å². The predicted octanol–water partition coefficient (Wildman–Crippen LogP) is 13.5. The molecule has 0 aliphatic heterocycles. The zero-order chi connectivity index (χ0) is 34.7. The first kappa shape index (κ1) is 39.6. The average Bonchev–Trinajstić information content (AvgIpc) is 3.08. The first-order valence-electron chi connectivity index (χ1n) is 19.7. The zero-order valence-corrected chi connectivity index (χ0v) is 31.4. The van der Waals surface area contributed by atoms with Crippen LogP contribution < -0.4 is 9.47 Å². The van der Waals surface area contributed by atoms with Gasteiger partial charge in [-0.15, -0.1) is 0 Å². The molecule has 266 valence electrons. The first-order chi connectivity index (χ1) is 23.3. The Bertz CT molecular complexity index is 1300. The summed E-state index contributed by atoms with van der Waals surface area (Å²) in [7, 11) is 0. The first-order valence-corrected chi connectivity index (χ1v) is 19.7. The minimum atomic E-state index is -0.134. The molecule has 0 spiro atoms. The summed E-state index contributed by atoms with van der Waals surface area (Å²) in [5.41, 5.74) is 2.14. The fraction of sp³-hybridized carbons (Fsp3) is 0.636. The van der Waals surface area contributed by atoms with Crippen molar-refractivity contribution in [3.8, 4) is 11.5 Å². The van der Waals surface area contributed by atoms with E-state index in [9.17, 15) is 9.59 Å². The minimum Gasteiger partial charge on any atom is -0.425 e. The molecule has 0 radical (unpaired) electrons. The Labute approximate surface area is 292 Å². The summed E-state index contributed by atoms with van der Waals surface area (Å²) in [6.45, 7) is 13.0. The summed E-state index contributed by atoms with van der Waals surface area (Å²) in [6.07, 6.45) is 22.1. The van der Waals surface area contributed by atoms with Gasteiger partial charge in [-0.05, 0) is 51.7 Å². The van der Waals surface area contributed by atoms with Crippen LogP contribution >= 0.6 is 0 Å². The zero-order valence-electron chi connectivity index (χ0n) is 31.4. The molecule has 3 rings (SSSR count). The van der Waals surface area contributed by atoms with Gasteiger partial charge < -0.3 is 9.47 Å². The third-order valence-electron chi connectivity index (χ3n) is 10.0. The van der Waals surface area contributed by atoms with E-state index in [0.717, 1.165) is 96.9 Å². The molecule has 2 atom stereocenters. The van der Waals surface area contributed by atoms with Gasteiger partial charge in [0.25, 0.3) is 0 Å². The topological polar surface area (TPSA) is 52.6 Å². The Morgan fingerprint density at radius 1 is 0.458 bits per heavy atom. The SMILES string of the molecule is CCCCCCCCC(CCCC)C(=O)Oc1c2ccc(C)cc2c(OC(=O)C(CCCC)CCCCCCCC)c2ccc(C)cc12. The second-order valence-electron chi connectivity index (χ2n) is 14.4. The Kier molecular flexibility index (Phi) is 18.1. The molecule has 2 unspecified atom stereocenters. The quantitative estimate of drug-likeness (QED) is 0.0416. The normalized spacial score (nSPS) is 12.8. The highest BCUT2D eigenvalue weighted by Gasteiger charge is 2.26. The van der Waals surface area contributed by atoms with Crippen molar-refractivity contribution in [3.63, 3.8) is 0 Å². The Hall–Kier alpha value is -2.88. The summed E-state index contributed by atoms with van der Waals surface area (Å²) in [6, 6.07) is 12.3. The van der Waals surface area contributed by atoms with Gasteiger partial charge in [-0.2, -0.15) is 0 Å². The lowest BCUT2D eigenvalue weighted by Gasteiger charge is -2.21. The van der Waals surface area contributed by atoms with E-state index in [1.807, 2.05) is 12.1 Å². The molecule has 48 heavy (non-hydrogen) atoms. The lowest BCUT2D eigenvalue weighted by atomic mass is 9.94. The molecular weight excluding hydrogens is 592 g/mol. The summed E-state index contributed by atoms with van der Waals surface area (Å²) in [5.74, 6) is 0.681. The van der Waals surface area contributed by atoms with Crippen molar-refractivity contribution in [2.75, 3.05) is 0 Å². The van der Waals surface area contributed by atoms with Gasteiger partial charge in [0.2, 0.25) is 0 Å². The smallest absolute Gasteiger partial charge is 0.314 e. The predicted molar refractivity (Wildman–Crippen MR) is 204 cm³/mol. The van der Waals surface area contributed by atoms with Crippen LogP contribution in [-0.4, -0.2) is 11.9 Å². The molecule has 4 heteroatoms. The van der Waals surface area contributed by atoms with Crippen LogP contribution in [0.2, 0.25) is 0 Å². The van der Waals surface area contributed by atoms with Crippen molar-refractivity contribution in [3.05, 3.63) is 47.5 Å². The van der Waals surface area contributed by atoms with Crippen molar-refractivity contribution in [1.82, 2.24) is 0 Å². The van der Waals surface area contributed by atoms with E-state index in [2.05, 4.69) is 65.8 Å². The number of carbonyl (C=O) groups is 2. The van der Waals surface area contributed by atoms with Crippen LogP contribution in [0.15, 0.2) is 36.4 Å². The van der Waals surface area contributed by atoms with Crippen molar-refractivity contribution >= 4 is 33.5 Å². The highest BCUT2D eigenvalue weighted by atomic mass is 16.5. The summed E-state index contributed by atoms with van der Waals surface area (Å²) < 4.78 is 12.9. The average molecular weight is 659 g/mol. The van der Waals surface area contributed by atoms with Crippen LogP contribution in [0.1, 0.15) is 167 Å². The molecule has 0 heterocycles. The molecule has 0 fully saturated rings. The molecule has 0 saturated carbocycles. The van der Waals surface area contributed by atoms with E-state index in [1.165, 1.54) is 64.2 Å². The molecular formula is C44H66O4. The molecule has 3 aromatic rings. The summed E-state index contributed by atoms with van der Waals surface area (Å²) >= 11 is 0. The van der Waals surface area contributed by atoms with E-state index in [4.69, 9.17) is 9.47 Å². The van der Waals surface area contributed by atoms with Gasteiger partial charge in [0, 0.05) is 21.5 Å². The molecule has 0 saturated heterocycles. The van der Waals surface area contributed by atoms with Crippen LogP contribution in [0.4, 0.5) is 0 Å². The van der Waals surface area contributed by atoms with Crippen LogP contribution in [-0.2, 0) is 9.59 Å². The maximum atomic E-state index is 14.0. The standard InChI is InChI=1S/C44H66O4/c1-7-11-15-17-19-21-25-35(23-13-9-3)43(45)47-41-37-29-27-34(6)32-40(37)42(38-30-28-33(5)31-39(38)41)48-44(46)36(24-14-10-4)26-22-20-18-16-12-8-2/h27-32,35-36H,7-26H2,1-6H3. The van der Waals surface area contributed by atoms with E-state index < -0.39 is 0 Å². The number of hydrogen-bond donors (Lipinski definition) is 0. The van der Waals surface area contributed by atoms with Crippen LogP contribution in [0.25, 0.3) is 21.5 Å². The number of aryl methyl sites for hydroxylation is 2. The van der Waals surface area contributed by atoms with E-state index in [0.29, 0.717) is 11.5 Å². The summed E-state index contributed by atoms with van der Waals surface area (Å²) in [4.78, 5) is 27.9. The highest BCUT2D eigenvalue weighted by Crippen LogP contribution is 2.44. The van der Waals surface area contributed by atoms with Crippen LogP contribution in [0.3, 0.4) is 0 Å². The van der Waals surface area contributed by atoms with Gasteiger partial charge in [0.1, 0.15) is 11.5 Å². The van der Waals surface area contributed by atoms with Gasteiger partial charge in [-0.3, -0.25) is 9.59 Å². The number of carbonyl (C=O) groups excluding carboxylic acids is 2. The second-order valence-corrected chi connectivity index (χ2v) is 14.4. The largest absolute Gasteiger partial charge is 0.425 e. The molecule has 0 aromatic heterocycles. The summed E-state index contributed by atoms with van der Waals surface area (Å²) in [5, 5.41) is 3.31. The van der Waals surface area contributed by atoms with Crippen molar-refractivity contribution in [1.29, 1.82) is 0 Å². The van der Waals surface area contributed by atoms with Gasteiger partial charge in [-0.25, -0.2) is 0 Å². The molecule has 0 aliphatic carbocycles. The molecule has 3 aromatic carbocycles. The minimum absolute atomic E-state index is 0.115. The lowest BCUT2D eigenvalue weighted by Crippen LogP contribution is -2.22. The van der Waals surface area contributed by atoms with Crippen molar-refractivity contribution in [2.24, 2.45) is 11.8 Å². The van der Waals surface area contributed by atoms with Gasteiger partial charge in [0.15, 0.2) is 0 Å². The lowest BCUT2D eigenvalue weighted by molar-refractivity contribution is -0.140. The van der Waals surface area contributed by atoms with Crippen molar-refractivity contribution < 1.29 is 19.1 Å². The second kappa shape index (κ2) is 22.0. The van der Waals surface area contributed by atoms with Gasteiger partial charge in [0.05, 0.1) is 11.8 Å². The van der Waals surface area contributed by atoms with Crippen LogP contribution in [0, 0.1) is 25.7 Å². The Morgan fingerprint density at radius 3 is 1.17 bits per heavy atom. The van der Waals surface area contributed by atoms with Crippen molar-refractivity contribution in [2.45, 2.75) is 170 Å². The molecule has 0 amide bonds. The maximum absolute atomic E-state index is 14.0. The number of benzene rings is 3. The number of esters is 2. The van der Waals surface area contributed by atoms with Crippen LogP contribution in [0.5, 0.6) is 11.5 Å². The van der Waals surface area contributed by atoms with E-state index in [-0.39, 0.29) is 23.8 Å². The number of ether oxygens (including phenoxy) is 2. The Balaban J connectivity index is 1.95. The number of rotatable bonds is 24. The Morgan fingerprint density at radius 2 is 0.792 bits per heavy atom.